The van der Waals surface area contributed by atoms with Crippen molar-refractivity contribution in [1.29, 1.82) is 0 Å². The van der Waals surface area contributed by atoms with Crippen LogP contribution >= 0.6 is 0 Å². The Balaban J connectivity index is 2.23. The molecule has 0 aliphatic heterocycles. The topological polar surface area (TPSA) is 43.4 Å². The number of ketones is 1. The van der Waals surface area contributed by atoms with Crippen LogP contribution in [0.5, 0.6) is 0 Å². The molecule has 0 N–H and O–H groups in total. The Morgan fingerprint density at radius 3 is 2.76 bits per heavy atom. The SMILES string of the molecule is CCCC(C(=O)OCC)C(=O)C1CCCc2ccccc21. The molecule has 0 spiro atoms. The molecule has 3 nitrogen and oxygen atoms in total. The van der Waals surface area contributed by atoms with Gasteiger partial charge >= 0.3 is 5.97 Å². The molecule has 0 radical (unpaired) electrons. The van der Waals surface area contributed by atoms with E-state index in [2.05, 4.69) is 6.07 Å². The zero-order valence-electron chi connectivity index (χ0n) is 12.9. The van der Waals surface area contributed by atoms with E-state index in [1.54, 1.807) is 6.92 Å². The standard InChI is InChI=1S/C18H24O3/c1-3-8-16(18(20)21-4-2)17(19)15-12-7-10-13-9-5-6-11-14(13)15/h5-6,9,11,15-16H,3-4,7-8,10,12H2,1-2H3. The molecule has 2 unspecified atom stereocenters. The van der Waals surface area contributed by atoms with E-state index in [0.29, 0.717) is 13.0 Å². The van der Waals surface area contributed by atoms with E-state index in [1.807, 2.05) is 25.1 Å². The van der Waals surface area contributed by atoms with Crippen molar-refractivity contribution in [2.45, 2.75) is 51.9 Å². The molecule has 0 saturated carbocycles. The van der Waals surface area contributed by atoms with E-state index in [0.717, 1.165) is 31.2 Å². The Kier molecular flexibility index (Phi) is 5.54. The van der Waals surface area contributed by atoms with Gasteiger partial charge in [0.2, 0.25) is 0 Å². The fourth-order valence-corrected chi connectivity index (χ4v) is 3.20. The third-order valence-electron chi connectivity index (χ3n) is 4.20. The zero-order chi connectivity index (χ0) is 15.2. The van der Waals surface area contributed by atoms with E-state index in [4.69, 9.17) is 4.74 Å². The van der Waals surface area contributed by atoms with E-state index >= 15 is 0 Å². The van der Waals surface area contributed by atoms with Crippen molar-refractivity contribution >= 4 is 11.8 Å². The monoisotopic (exact) mass is 288 g/mol. The van der Waals surface area contributed by atoms with Crippen molar-refractivity contribution < 1.29 is 14.3 Å². The first-order valence-corrected chi connectivity index (χ1v) is 7.97. The lowest BCUT2D eigenvalue weighted by Crippen LogP contribution is -2.32. The molecule has 3 heteroatoms. The van der Waals surface area contributed by atoms with Gasteiger partial charge < -0.3 is 4.74 Å². The molecular weight excluding hydrogens is 264 g/mol. The number of aryl methyl sites for hydroxylation is 1. The molecule has 0 heterocycles. The predicted molar refractivity (Wildman–Crippen MR) is 82.2 cm³/mol. The lowest BCUT2D eigenvalue weighted by molar-refractivity contribution is -0.152. The van der Waals surface area contributed by atoms with E-state index in [1.165, 1.54) is 5.56 Å². The van der Waals surface area contributed by atoms with Gasteiger partial charge in [0, 0.05) is 5.92 Å². The fraction of sp³-hybridized carbons (Fsp3) is 0.556. The molecule has 0 fully saturated rings. The number of esters is 1. The molecule has 0 aromatic heterocycles. The molecule has 1 aromatic rings. The molecule has 0 saturated heterocycles. The average molecular weight is 288 g/mol. The highest BCUT2D eigenvalue weighted by Crippen LogP contribution is 2.34. The number of hydrogen-bond donors (Lipinski definition) is 0. The first kappa shape index (κ1) is 15.7. The second-order valence-corrected chi connectivity index (χ2v) is 5.64. The first-order valence-electron chi connectivity index (χ1n) is 7.97. The first-order chi connectivity index (χ1) is 10.2. The molecule has 2 rings (SSSR count). The smallest absolute Gasteiger partial charge is 0.316 e. The van der Waals surface area contributed by atoms with Crippen LogP contribution in [0.25, 0.3) is 0 Å². The average Bonchev–Trinajstić information content (AvgIpc) is 2.51. The normalized spacial score (nSPS) is 18.7. The number of ether oxygens (including phenoxy) is 1. The second-order valence-electron chi connectivity index (χ2n) is 5.64. The van der Waals surface area contributed by atoms with Gasteiger partial charge in [0.05, 0.1) is 6.61 Å². The maximum atomic E-state index is 12.9. The summed E-state index contributed by atoms with van der Waals surface area (Å²) in [6.07, 6.45) is 4.27. The van der Waals surface area contributed by atoms with Gasteiger partial charge in [-0.05, 0) is 43.7 Å². The van der Waals surface area contributed by atoms with Crippen LogP contribution in [0.1, 0.15) is 56.6 Å². The quantitative estimate of drug-likeness (QED) is 0.592. The molecular formula is C18H24O3. The summed E-state index contributed by atoms with van der Waals surface area (Å²) in [7, 11) is 0. The van der Waals surface area contributed by atoms with Crippen LogP contribution in [-0.4, -0.2) is 18.4 Å². The van der Waals surface area contributed by atoms with Crippen LogP contribution < -0.4 is 0 Å². The number of Topliss-reactive ketones (excluding diaryl/α,β-unsaturated/α-hetero) is 1. The van der Waals surface area contributed by atoms with Crippen molar-refractivity contribution in [3.05, 3.63) is 35.4 Å². The summed E-state index contributed by atoms with van der Waals surface area (Å²) in [5.41, 5.74) is 2.36. The summed E-state index contributed by atoms with van der Waals surface area (Å²) in [5, 5.41) is 0. The van der Waals surface area contributed by atoms with Crippen LogP contribution in [0.4, 0.5) is 0 Å². The van der Waals surface area contributed by atoms with Crippen molar-refractivity contribution in [2.24, 2.45) is 5.92 Å². The molecule has 21 heavy (non-hydrogen) atoms. The number of hydrogen-bond acceptors (Lipinski definition) is 3. The van der Waals surface area contributed by atoms with E-state index < -0.39 is 5.92 Å². The highest BCUT2D eigenvalue weighted by molar-refractivity contribution is 6.02. The van der Waals surface area contributed by atoms with Gasteiger partial charge in [-0.25, -0.2) is 0 Å². The van der Waals surface area contributed by atoms with Crippen molar-refractivity contribution in [3.63, 3.8) is 0 Å². The largest absolute Gasteiger partial charge is 0.465 e. The Bertz CT molecular complexity index is 507. The fourth-order valence-electron chi connectivity index (χ4n) is 3.20. The van der Waals surface area contributed by atoms with Gasteiger partial charge in [-0.3, -0.25) is 9.59 Å². The summed E-state index contributed by atoms with van der Waals surface area (Å²) in [6, 6.07) is 8.11. The van der Waals surface area contributed by atoms with Crippen molar-refractivity contribution in [1.82, 2.24) is 0 Å². The Hall–Kier alpha value is -1.64. The van der Waals surface area contributed by atoms with Crippen molar-refractivity contribution in [2.75, 3.05) is 6.61 Å². The van der Waals surface area contributed by atoms with Gasteiger partial charge in [0.15, 0.2) is 5.78 Å². The zero-order valence-corrected chi connectivity index (χ0v) is 12.9. The number of carbonyl (C=O) groups excluding carboxylic acids is 2. The van der Waals surface area contributed by atoms with Gasteiger partial charge in [0.25, 0.3) is 0 Å². The summed E-state index contributed by atoms with van der Waals surface area (Å²) in [4.78, 5) is 25.0. The minimum atomic E-state index is -0.605. The molecule has 1 aliphatic carbocycles. The number of benzene rings is 1. The van der Waals surface area contributed by atoms with E-state index in [-0.39, 0.29) is 17.7 Å². The Morgan fingerprint density at radius 1 is 1.29 bits per heavy atom. The highest BCUT2D eigenvalue weighted by atomic mass is 16.5. The summed E-state index contributed by atoms with van der Waals surface area (Å²) in [5.74, 6) is -1.06. The minimum Gasteiger partial charge on any atom is -0.465 e. The maximum Gasteiger partial charge on any atom is 0.316 e. The summed E-state index contributed by atoms with van der Waals surface area (Å²) < 4.78 is 5.10. The summed E-state index contributed by atoms with van der Waals surface area (Å²) in [6.45, 7) is 4.10. The van der Waals surface area contributed by atoms with Gasteiger partial charge in [0.1, 0.15) is 5.92 Å². The van der Waals surface area contributed by atoms with E-state index in [9.17, 15) is 9.59 Å². The van der Waals surface area contributed by atoms with Gasteiger partial charge in [-0.2, -0.15) is 0 Å². The third kappa shape index (κ3) is 3.52. The molecule has 114 valence electrons. The number of fused-ring (bicyclic) bond motifs is 1. The van der Waals surface area contributed by atoms with Gasteiger partial charge in [-0.15, -0.1) is 0 Å². The Morgan fingerprint density at radius 2 is 2.05 bits per heavy atom. The molecule has 2 atom stereocenters. The number of rotatable bonds is 6. The molecule has 0 bridgehead atoms. The lowest BCUT2D eigenvalue weighted by Gasteiger charge is -2.27. The number of carbonyl (C=O) groups is 2. The van der Waals surface area contributed by atoms with Gasteiger partial charge in [-0.1, -0.05) is 37.6 Å². The molecule has 1 aliphatic rings. The second kappa shape index (κ2) is 7.39. The maximum absolute atomic E-state index is 12.9. The third-order valence-corrected chi connectivity index (χ3v) is 4.20. The van der Waals surface area contributed by atoms with Crippen molar-refractivity contribution in [3.8, 4) is 0 Å². The van der Waals surface area contributed by atoms with Crippen LogP contribution in [-0.2, 0) is 20.7 Å². The Labute approximate surface area is 126 Å². The van der Waals surface area contributed by atoms with Crippen LogP contribution in [0.2, 0.25) is 0 Å². The summed E-state index contributed by atoms with van der Waals surface area (Å²) >= 11 is 0. The molecule has 0 amide bonds. The molecule has 1 aromatic carbocycles. The van der Waals surface area contributed by atoms with Crippen LogP contribution in [0, 0.1) is 5.92 Å². The predicted octanol–water partition coefficient (Wildman–Crippen LogP) is 3.66. The lowest BCUT2D eigenvalue weighted by atomic mass is 9.76. The minimum absolute atomic E-state index is 0.0439. The van der Waals surface area contributed by atoms with Crippen LogP contribution in [0.15, 0.2) is 24.3 Å². The highest BCUT2D eigenvalue weighted by Gasteiger charge is 2.35. The van der Waals surface area contributed by atoms with Crippen LogP contribution in [0.3, 0.4) is 0 Å².